The largest absolute Gasteiger partial charge is 0.419 e. The summed E-state index contributed by atoms with van der Waals surface area (Å²) in [7, 11) is -3.98. The molecule has 4 aromatic rings. The van der Waals surface area contributed by atoms with Gasteiger partial charge in [-0.15, -0.1) is 0 Å². The molecular weight excluding hydrogens is 483 g/mol. The van der Waals surface area contributed by atoms with E-state index in [2.05, 4.69) is 26.2 Å². The van der Waals surface area contributed by atoms with Gasteiger partial charge in [0, 0.05) is 15.7 Å². The summed E-state index contributed by atoms with van der Waals surface area (Å²) in [6.07, 6.45) is 0. The first-order valence-corrected chi connectivity index (χ1v) is 11.6. The summed E-state index contributed by atoms with van der Waals surface area (Å²) in [5.74, 6) is -0.346. The lowest BCUT2D eigenvalue weighted by Crippen LogP contribution is -2.05. The van der Waals surface area contributed by atoms with Crippen LogP contribution in [0, 0.1) is 19.7 Å². The predicted octanol–water partition coefficient (Wildman–Crippen LogP) is 6.44. The van der Waals surface area contributed by atoms with Crippen LogP contribution in [-0.2, 0) is 9.84 Å². The predicted molar refractivity (Wildman–Crippen MR) is 121 cm³/mol. The van der Waals surface area contributed by atoms with E-state index < -0.39 is 15.7 Å². The van der Waals surface area contributed by atoms with Crippen LogP contribution in [0.25, 0.3) is 11.5 Å². The highest BCUT2D eigenvalue weighted by Crippen LogP contribution is 2.34. The molecule has 0 amide bonds. The first kappa shape index (κ1) is 21.3. The number of aromatic nitrogens is 1. The van der Waals surface area contributed by atoms with Gasteiger partial charge in [-0.3, -0.25) is 0 Å². The minimum atomic E-state index is -3.98. The summed E-state index contributed by atoms with van der Waals surface area (Å²) in [5, 5.41) is 2.81. The van der Waals surface area contributed by atoms with Gasteiger partial charge in [-0.25, -0.2) is 12.8 Å². The maximum atomic E-state index is 13.4. The number of hydrogen-bond donors (Lipinski definition) is 1. The highest BCUT2D eigenvalue weighted by Gasteiger charge is 2.29. The monoisotopic (exact) mass is 500 g/mol. The molecule has 0 saturated heterocycles. The SMILES string of the molecule is Cc1cc(C)cc(Nc2oc(-c3ccc(F)cc3)nc2S(=O)(=O)c2ccc(Br)cc2)c1. The van der Waals surface area contributed by atoms with E-state index >= 15 is 0 Å². The number of oxazole rings is 1. The summed E-state index contributed by atoms with van der Waals surface area (Å²) >= 11 is 3.31. The maximum Gasteiger partial charge on any atom is 0.238 e. The third-order valence-corrected chi connectivity index (χ3v) is 6.75. The van der Waals surface area contributed by atoms with E-state index in [0.29, 0.717) is 11.3 Å². The Hall–Kier alpha value is -2.97. The first-order valence-electron chi connectivity index (χ1n) is 9.35. The van der Waals surface area contributed by atoms with Crippen molar-refractivity contribution in [3.8, 4) is 11.5 Å². The highest BCUT2D eigenvalue weighted by molar-refractivity contribution is 9.10. The quantitative estimate of drug-likeness (QED) is 0.341. The highest BCUT2D eigenvalue weighted by atomic mass is 79.9. The lowest BCUT2D eigenvalue weighted by molar-refractivity contribution is 0.581. The van der Waals surface area contributed by atoms with Crippen molar-refractivity contribution >= 4 is 37.3 Å². The van der Waals surface area contributed by atoms with Crippen LogP contribution in [0.4, 0.5) is 16.0 Å². The Balaban J connectivity index is 1.85. The topological polar surface area (TPSA) is 72.2 Å². The van der Waals surface area contributed by atoms with Crippen molar-refractivity contribution in [1.29, 1.82) is 0 Å². The molecule has 0 radical (unpaired) electrons. The molecule has 0 bridgehead atoms. The van der Waals surface area contributed by atoms with Crippen LogP contribution in [0.5, 0.6) is 0 Å². The Labute approximate surface area is 188 Å². The van der Waals surface area contributed by atoms with Gasteiger partial charge in [-0.1, -0.05) is 22.0 Å². The third kappa shape index (κ3) is 4.55. The number of benzene rings is 3. The molecule has 5 nitrogen and oxygen atoms in total. The number of nitrogens with one attached hydrogen (secondary N) is 1. The summed E-state index contributed by atoms with van der Waals surface area (Å²) in [4.78, 5) is 4.35. The van der Waals surface area contributed by atoms with Crippen molar-refractivity contribution in [3.05, 3.63) is 88.1 Å². The summed E-state index contributed by atoms with van der Waals surface area (Å²) in [6, 6.07) is 17.5. The number of halogens is 2. The zero-order valence-electron chi connectivity index (χ0n) is 16.7. The lowest BCUT2D eigenvalue weighted by Gasteiger charge is -2.08. The van der Waals surface area contributed by atoms with E-state index in [4.69, 9.17) is 4.42 Å². The Kier molecular flexibility index (Phi) is 5.68. The number of aryl methyl sites for hydroxylation is 2. The van der Waals surface area contributed by atoms with Gasteiger partial charge < -0.3 is 9.73 Å². The van der Waals surface area contributed by atoms with Gasteiger partial charge in [0.05, 0.1) is 4.90 Å². The Morgan fingerprint density at radius 1 is 0.935 bits per heavy atom. The second-order valence-corrected chi connectivity index (χ2v) is 9.90. The molecule has 8 heteroatoms. The summed E-state index contributed by atoms with van der Waals surface area (Å²) in [6.45, 7) is 3.89. The van der Waals surface area contributed by atoms with E-state index in [9.17, 15) is 12.8 Å². The van der Waals surface area contributed by atoms with Gasteiger partial charge in [-0.2, -0.15) is 4.98 Å². The third-order valence-electron chi connectivity index (χ3n) is 4.55. The van der Waals surface area contributed by atoms with Gasteiger partial charge >= 0.3 is 0 Å². The fraction of sp³-hybridized carbons (Fsp3) is 0.0870. The van der Waals surface area contributed by atoms with Gasteiger partial charge in [0.2, 0.25) is 26.6 Å². The van der Waals surface area contributed by atoms with Crippen molar-refractivity contribution in [3.63, 3.8) is 0 Å². The molecule has 1 aromatic heterocycles. The van der Waals surface area contributed by atoms with Crippen LogP contribution >= 0.6 is 15.9 Å². The standard InChI is InChI=1S/C23H18BrFN2O3S/c1-14-11-15(2)13-19(12-14)26-22-23(31(28,29)20-9-5-17(24)6-10-20)27-21(30-22)16-3-7-18(25)8-4-16/h3-13,26H,1-2H3. The molecule has 0 atom stereocenters. The van der Waals surface area contributed by atoms with Crippen LogP contribution in [0.3, 0.4) is 0 Å². The number of nitrogens with zero attached hydrogens (tertiary/aromatic N) is 1. The number of rotatable bonds is 5. The molecule has 1 heterocycles. The van der Waals surface area contributed by atoms with Gasteiger partial charge in [0.25, 0.3) is 0 Å². The Morgan fingerprint density at radius 2 is 1.55 bits per heavy atom. The molecule has 31 heavy (non-hydrogen) atoms. The Morgan fingerprint density at radius 3 is 2.16 bits per heavy atom. The minimum Gasteiger partial charge on any atom is -0.419 e. The molecule has 0 aliphatic heterocycles. The first-order chi connectivity index (χ1) is 14.7. The molecule has 0 aliphatic carbocycles. The number of sulfone groups is 1. The maximum absolute atomic E-state index is 13.4. The van der Waals surface area contributed by atoms with Crippen LogP contribution in [0.2, 0.25) is 0 Å². The molecular formula is C23H18BrFN2O3S. The molecule has 3 aromatic carbocycles. The van der Waals surface area contributed by atoms with Crippen LogP contribution in [0.15, 0.2) is 85.5 Å². The van der Waals surface area contributed by atoms with Crippen LogP contribution in [-0.4, -0.2) is 13.4 Å². The molecule has 0 saturated carbocycles. The summed E-state index contributed by atoms with van der Waals surface area (Å²) < 4.78 is 46.6. The number of anilines is 2. The van der Waals surface area contributed by atoms with Crippen molar-refractivity contribution in [1.82, 2.24) is 4.98 Å². The normalized spacial score (nSPS) is 11.5. The van der Waals surface area contributed by atoms with E-state index in [0.717, 1.165) is 15.6 Å². The molecule has 0 unspecified atom stereocenters. The van der Waals surface area contributed by atoms with Crippen molar-refractivity contribution in [2.24, 2.45) is 0 Å². The van der Waals surface area contributed by atoms with Gasteiger partial charge in [0.15, 0.2) is 0 Å². The summed E-state index contributed by atoms with van der Waals surface area (Å²) in [5.41, 5.74) is 3.16. The molecule has 1 N–H and O–H groups in total. The molecule has 158 valence electrons. The van der Waals surface area contributed by atoms with E-state index in [1.165, 1.54) is 36.4 Å². The average molecular weight is 501 g/mol. The average Bonchev–Trinajstić information content (AvgIpc) is 3.12. The van der Waals surface area contributed by atoms with E-state index in [1.807, 2.05) is 32.0 Å². The fourth-order valence-electron chi connectivity index (χ4n) is 3.19. The van der Waals surface area contributed by atoms with Crippen LogP contribution in [0.1, 0.15) is 11.1 Å². The van der Waals surface area contributed by atoms with E-state index in [-0.39, 0.29) is 21.7 Å². The molecule has 4 rings (SSSR count). The Bertz CT molecular complexity index is 1330. The smallest absolute Gasteiger partial charge is 0.238 e. The van der Waals surface area contributed by atoms with Crippen molar-refractivity contribution in [2.75, 3.05) is 5.32 Å². The van der Waals surface area contributed by atoms with E-state index in [1.54, 1.807) is 12.1 Å². The molecule has 0 spiro atoms. The minimum absolute atomic E-state index is 0.00718. The number of hydrogen-bond acceptors (Lipinski definition) is 5. The zero-order chi connectivity index (χ0) is 22.2. The zero-order valence-corrected chi connectivity index (χ0v) is 19.1. The molecule has 0 fully saturated rings. The second kappa shape index (κ2) is 8.28. The van der Waals surface area contributed by atoms with Crippen molar-refractivity contribution in [2.45, 2.75) is 23.8 Å². The van der Waals surface area contributed by atoms with Gasteiger partial charge in [-0.05, 0) is 85.6 Å². The van der Waals surface area contributed by atoms with Crippen molar-refractivity contribution < 1.29 is 17.2 Å². The molecule has 0 aliphatic rings. The second-order valence-electron chi connectivity index (χ2n) is 7.12. The fourth-order valence-corrected chi connectivity index (χ4v) is 4.71. The lowest BCUT2D eigenvalue weighted by atomic mass is 10.1. The van der Waals surface area contributed by atoms with Gasteiger partial charge in [0.1, 0.15) is 5.82 Å². The van der Waals surface area contributed by atoms with Crippen LogP contribution < -0.4 is 5.32 Å².